The smallest absolute Gasteiger partial charge is 0.344 e. The zero-order valence-electron chi connectivity index (χ0n) is 22.1. The molecule has 0 aliphatic heterocycles. The fraction of sp³-hybridized carbons (Fsp3) is 0.767. The second-order valence-corrected chi connectivity index (χ2v) is 12.9. The highest BCUT2D eigenvalue weighted by molar-refractivity contribution is 5.71. The van der Waals surface area contributed by atoms with E-state index in [4.69, 9.17) is 18.9 Å². The van der Waals surface area contributed by atoms with Crippen LogP contribution in [0.2, 0.25) is 0 Å². The van der Waals surface area contributed by atoms with Gasteiger partial charge in [0.05, 0.1) is 12.7 Å². The van der Waals surface area contributed by atoms with Crippen LogP contribution in [0.3, 0.4) is 0 Å². The molecule has 0 aromatic heterocycles. The van der Waals surface area contributed by atoms with Gasteiger partial charge in [0.25, 0.3) is 0 Å². The summed E-state index contributed by atoms with van der Waals surface area (Å²) >= 11 is 0. The lowest BCUT2D eigenvalue weighted by molar-refractivity contribution is -0.177. The number of ether oxygens (including phenoxy) is 4. The summed E-state index contributed by atoms with van der Waals surface area (Å²) in [7, 11) is 1.72. The first kappa shape index (κ1) is 25.1. The van der Waals surface area contributed by atoms with Crippen LogP contribution in [0.25, 0.3) is 0 Å². The number of fused-ring (bicyclic) bond motifs is 3. The van der Waals surface area contributed by atoms with Crippen molar-refractivity contribution in [2.45, 2.75) is 84.7 Å². The molecule has 194 valence electrons. The molecule has 0 amide bonds. The molecule has 5 rings (SSSR count). The Bertz CT molecular complexity index is 903. The minimum absolute atomic E-state index is 0.0301. The molecule has 4 fully saturated rings. The van der Waals surface area contributed by atoms with Crippen LogP contribution in [-0.4, -0.2) is 39.2 Å². The van der Waals surface area contributed by atoms with Gasteiger partial charge in [0, 0.05) is 12.5 Å². The average molecular weight is 485 g/mol. The molecular formula is C30H44O5. The number of benzene rings is 1. The third-order valence-corrected chi connectivity index (χ3v) is 10.7. The first-order valence-electron chi connectivity index (χ1n) is 13.7. The molecule has 7 atom stereocenters. The first-order chi connectivity index (χ1) is 16.7. The van der Waals surface area contributed by atoms with Crippen LogP contribution in [0.15, 0.2) is 30.3 Å². The van der Waals surface area contributed by atoms with Crippen molar-refractivity contribution in [3.63, 3.8) is 0 Å². The molecule has 2 bridgehead atoms. The van der Waals surface area contributed by atoms with Crippen molar-refractivity contribution < 1.29 is 23.7 Å². The van der Waals surface area contributed by atoms with Gasteiger partial charge in [-0.1, -0.05) is 45.4 Å². The van der Waals surface area contributed by atoms with Gasteiger partial charge in [-0.15, -0.1) is 0 Å². The number of methoxy groups -OCH3 is 1. The maximum atomic E-state index is 12.6. The molecule has 4 aliphatic carbocycles. The predicted octanol–water partition coefficient (Wildman–Crippen LogP) is 6.40. The summed E-state index contributed by atoms with van der Waals surface area (Å²) in [4.78, 5) is 12.6. The molecular weight excluding hydrogens is 440 g/mol. The lowest BCUT2D eigenvalue weighted by Crippen LogP contribution is -2.57. The minimum atomic E-state index is -0.267. The molecule has 0 saturated heterocycles. The fourth-order valence-corrected chi connectivity index (χ4v) is 9.37. The van der Waals surface area contributed by atoms with E-state index >= 15 is 0 Å². The van der Waals surface area contributed by atoms with Gasteiger partial charge >= 0.3 is 5.97 Å². The van der Waals surface area contributed by atoms with E-state index in [9.17, 15) is 4.79 Å². The number of carbonyl (C=O) groups excluding carboxylic acids is 1. The van der Waals surface area contributed by atoms with Crippen molar-refractivity contribution in [1.82, 2.24) is 0 Å². The minimum Gasteiger partial charge on any atom is -0.482 e. The molecule has 35 heavy (non-hydrogen) atoms. The van der Waals surface area contributed by atoms with Gasteiger partial charge in [-0.25, -0.2) is 4.79 Å². The summed E-state index contributed by atoms with van der Waals surface area (Å²) in [6, 6.07) is 9.48. The number of hydrogen-bond acceptors (Lipinski definition) is 5. The Morgan fingerprint density at radius 2 is 1.77 bits per heavy atom. The van der Waals surface area contributed by atoms with Crippen LogP contribution in [-0.2, 0) is 19.0 Å². The SMILES string of the molecule is COCO[C@@H]1C[C@]23CC[C@@H]4[C@](C)(COC(=O)COc5ccccc5)CCC[C@@]4(C)[C@@H]2CC[C@@]1(C)C3. The molecule has 5 nitrogen and oxygen atoms in total. The third kappa shape index (κ3) is 4.41. The summed E-state index contributed by atoms with van der Waals surface area (Å²) in [6.45, 7) is 8.28. The van der Waals surface area contributed by atoms with E-state index in [1.165, 1.54) is 51.4 Å². The van der Waals surface area contributed by atoms with Gasteiger partial charge in [0.2, 0.25) is 0 Å². The maximum absolute atomic E-state index is 12.6. The van der Waals surface area contributed by atoms with Crippen molar-refractivity contribution in [3.05, 3.63) is 30.3 Å². The summed E-state index contributed by atoms with van der Waals surface area (Å²) < 4.78 is 23.0. The van der Waals surface area contributed by atoms with E-state index in [2.05, 4.69) is 20.8 Å². The van der Waals surface area contributed by atoms with E-state index in [1.807, 2.05) is 30.3 Å². The molecule has 4 aliphatic rings. The quantitative estimate of drug-likeness (QED) is 0.316. The van der Waals surface area contributed by atoms with Crippen LogP contribution in [0.4, 0.5) is 0 Å². The number of rotatable bonds is 8. The Labute approximate surface area is 211 Å². The highest BCUT2D eigenvalue weighted by atomic mass is 16.7. The fourth-order valence-electron chi connectivity index (χ4n) is 9.37. The molecule has 0 heterocycles. The Morgan fingerprint density at radius 1 is 1.00 bits per heavy atom. The Kier molecular flexibility index (Phi) is 6.71. The van der Waals surface area contributed by atoms with Crippen LogP contribution >= 0.6 is 0 Å². The zero-order chi connectivity index (χ0) is 24.7. The molecule has 4 saturated carbocycles. The second-order valence-electron chi connectivity index (χ2n) is 12.9. The second kappa shape index (κ2) is 9.37. The molecule has 0 unspecified atom stereocenters. The molecule has 0 radical (unpaired) electrons. The molecule has 1 spiro atoms. The Balaban J connectivity index is 1.26. The number of para-hydroxylation sites is 1. The van der Waals surface area contributed by atoms with Gasteiger partial charge in [-0.05, 0) is 91.6 Å². The monoisotopic (exact) mass is 484 g/mol. The van der Waals surface area contributed by atoms with Crippen molar-refractivity contribution in [1.29, 1.82) is 0 Å². The summed E-state index contributed by atoms with van der Waals surface area (Å²) in [5, 5.41) is 0. The molecule has 0 N–H and O–H groups in total. The standard InChI is InChI=1S/C30H44O5/c1-27-15-11-24-29(3)14-8-13-28(2,20-34-26(31)18-33-22-9-6-5-7-10-22)23(29)12-16-30(24,19-27)17-25(27)35-21-32-4/h5-7,9-10,23-25H,8,11-21H2,1-4H3/t23-,24+,25-,27+,28+,29-,30+/m1/s1. The van der Waals surface area contributed by atoms with E-state index < -0.39 is 0 Å². The number of carbonyl (C=O) groups is 1. The molecule has 5 heteroatoms. The highest BCUT2D eigenvalue weighted by Crippen LogP contribution is 2.74. The van der Waals surface area contributed by atoms with Crippen LogP contribution in [0, 0.1) is 33.5 Å². The van der Waals surface area contributed by atoms with Crippen molar-refractivity contribution in [3.8, 4) is 5.75 Å². The maximum Gasteiger partial charge on any atom is 0.344 e. The van der Waals surface area contributed by atoms with E-state index in [1.54, 1.807) is 7.11 Å². The van der Waals surface area contributed by atoms with Gasteiger partial charge < -0.3 is 18.9 Å². The summed E-state index contributed by atoms with van der Waals surface area (Å²) in [5.74, 6) is 1.75. The lowest BCUT2D eigenvalue weighted by atomic mass is 9.40. The van der Waals surface area contributed by atoms with Gasteiger partial charge in [0.15, 0.2) is 6.61 Å². The normalized spacial score (nSPS) is 42.1. The lowest BCUT2D eigenvalue weighted by Gasteiger charge is -2.64. The topological polar surface area (TPSA) is 54.0 Å². The zero-order valence-corrected chi connectivity index (χ0v) is 22.1. The molecule has 1 aromatic rings. The summed E-state index contributed by atoms with van der Waals surface area (Å²) in [5.41, 5.74) is 1.01. The van der Waals surface area contributed by atoms with E-state index in [-0.39, 0.29) is 23.4 Å². The van der Waals surface area contributed by atoms with Crippen LogP contribution in [0.5, 0.6) is 5.75 Å². The van der Waals surface area contributed by atoms with Crippen LogP contribution in [0.1, 0.15) is 78.6 Å². The van der Waals surface area contributed by atoms with Crippen LogP contribution < -0.4 is 4.74 Å². The molecule has 1 aromatic carbocycles. The van der Waals surface area contributed by atoms with E-state index in [0.717, 1.165) is 12.3 Å². The number of hydrogen-bond donors (Lipinski definition) is 0. The largest absolute Gasteiger partial charge is 0.482 e. The predicted molar refractivity (Wildman–Crippen MR) is 135 cm³/mol. The van der Waals surface area contributed by atoms with Gasteiger partial charge in [-0.3, -0.25) is 0 Å². The Hall–Kier alpha value is -1.59. The highest BCUT2D eigenvalue weighted by Gasteiger charge is 2.67. The van der Waals surface area contributed by atoms with E-state index in [0.29, 0.717) is 42.0 Å². The van der Waals surface area contributed by atoms with Crippen molar-refractivity contribution in [2.75, 3.05) is 27.1 Å². The Morgan fingerprint density at radius 3 is 2.54 bits per heavy atom. The number of esters is 1. The van der Waals surface area contributed by atoms with Crippen molar-refractivity contribution >= 4 is 5.97 Å². The van der Waals surface area contributed by atoms with Gasteiger partial charge in [-0.2, -0.15) is 0 Å². The van der Waals surface area contributed by atoms with Crippen molar-refractivity contribution in [2.24, 2.45) is 33.5 Å². The summed E-state index contributed by atoms with van der Waals surface area (Å²) in [6.07, 6.45) is 11.5. The average Bonchev–Trinajstić information content (AvgIpc) is 3.04. The first-order valence-corrected chi connectivity index (χ1v) is 13.7. The van der Waals surface area contributed by atoms with Gasteiger partial charge in [0.1, 0.15) is 12.5 Å². The third-order valence-electron chi connectivity index (χ3n) is 10.7.